The van der Waals surface area contributed by atoms with Crippen LogP contribution in [-0.2, 0) is 11.2 Å². The van der Waals surface area contributed by atoms with Gasteiger partial charge in [-0.3, -0.25) is 4.79 Å². The second-order valence-corrected chi connectivity index (χ2v) is 5.05. The minimum Gasteiger partial charge on any atom is -0.481 e. The first-order valence-corrected chi connectivity index (χ1v) is 5.70. The Morgan fingerprint density at radius 3 is 2.92 bits per heavy atom. The zero-order valence-corrected chi connectivity index (χ0v) is 9.69. The molecule has 2 nitrogen and oxygen atoms in total. The molecule has 1 aromatic heterocycles. The Bertz CT molecular complexity index is 296. The molecular weight excluding hydrogens is 252 g/mol. The predicted molar refractivity (Wildman–Crippen MR) is 57.1 cm³/mol. The number of hydrogen-bond donors (Lipinski definition) is 1. The van der Waals surface area contributed by atoms with Gasteiger partial charge in [0.2, 0.25) is 0 Å². The third kappa shape index (κ3) is 3.91. The number of carbonyl (C=O) groups is 1. The van der Waals surface area contributed by atoms with Crippen molar-refractivity contribution in [3.63, 3.8) is 0 Å². The summed E-state index contributed by atoms with van der Waals surface area (Å²) in [6.45, 7) is 1.96. The zero-order valence-electron chi connectivity index (χ0n) is 7.29. The number of thiophene rings is 1. The van der Waals surface area contributed by atoms with Crippen molar-refractivity contribution in [3.05, 3.63) is 20.8 Å². The average Bonchev–Trinajstić information content (AvgIpc) is 2.33. The summed E-state index contributed by atoms with van der Waals surface area (Å²) in [6, 6.07) is 2.04. The molecule has 0 aliphatic heterocycles. The predicted octanol–water partition coefficient (Wildman–Crippen LogP) is 3.16. The zero-order chi connectivity index (χ0) is 9.84. The van der Waals surface area contributed by atoms with E-state index in [2.05, 4.69) is 15.9 Å². The molecule has 0 saturated carbocycles. The van der Waals surface area contributed by atoms with Gasteiger partial charge in [0.1, 0.15) is 0 Å². The highest BCUT2D eigenvalue weighted by molar-refractivity contribution is 9.10. The molecule has 1 heterocycles. The number of halogens is 1. The van der Waals surface area contributed by atoms with Gasteiger partial charge in [-0.25, -0.2) is 0 Å². The van der Waals surface area contributed by atoms with Crippen molar-refractivity contribution in [1.29, 1.82) is 0 Å². The van der Waals surface area contributed by atoms with E-state index in [0.717, 1.165) is 10.9 Å². The summed E-state index contributed by atoms with van der Waals surface area (Å²) in [4.78, 5) is 11.6. The molecule has 0 spiro atoms. The van der Waals surface area contributed by atoms with Crippen LogP contribution in [0.25, 0.3) is 0 Å². The SMILES string of the molecule is CC(CC(=O)O)Cc1cc(Br)cs1. The Balaban J connectivity index is 2.44. The summed E-state index contributed by atoms with van der Waals surface area (Å²) in [6.07, 6.45) is 1.10. The minimum absolute atomic E-state index is 0.211. The van der Waals surface area contributed by atoms with Gasteiger partial charge in [0, 0.05) is 21.2 Å². The molecule has 1 aromatic rings. The van der Waals surface area contributed by atoms with Crippen molar-refractivity contribution in [2.75, 3.05) is 0 Å². The quantitative estimate of drug-likeness (QED) is 0.905. The number of hydrogen-bond acceptors (Lipinski definition) is 2. The maximum Gasteiger partial charge on any atom is 0.303 e. The van der Waals surface area contributed by atoms with Gasteiger partial charge in [0.05, 0.1) is 0 Å². The standard InChI is InChI=1S/C9H11BrO2S/c1-6(3-9(11)12)2-8-4-7(10)5-13-8/h4-6H,2-3H2,1H3,(H,11,12). The molecule has 1 rings (SSSR count). The van der Waals surface area contributed by atoms with Crippen molar-refractivity contribution in [2.24, 2.45) is 5.92 Å². The fraction of sp³-hybridized carbons (Fsp3) is 0.444. The molecule has 72 valence electrons. The van der Waals surface area contributed by atoms with E-state index >= 15 is 0 Å². The molecule has 0 radical (unpaired) electrons. The van der Waals surface area contributed by atoms with E-state index in [9.17, 15) is 4.79 Å². The Kier molecular flexibility index (Phi) is 3.93. The van der Waals surface area contributed by atoms with E-state index in [4.69, 9.17) is 5.11 Å². The molecule has 0 amide bonds. The second-order valence-electron chi connectivity index (χ2n) is 3.14. The van der Waals surface area contributed by atoms with Crippen LogP contribution in [-0.4, -0.2) is 11.1 Å². The lowest BCUT2D eigenvalue weighted by molar-refractivity contribution is -0.137. The molecule has 0 bridgehead atoms. The van der Waals surface area contributed by atoms with Gasteiger partial charge in [-0.1, -0.05) is 6.92 Å². The van der Waals surface area contributed by atoms with E-state index in [1.807, 2.05) is 18.4 Å². The van der Waals surface area contributed by atoms with Gasteiger partial charge < -0.3 is 5.11 Å². The maximum absolute atomic E-state index is 10.4. The number of rotatable bonds is 4. The lowest BCUT2D eigenvalue weighted by Gasteiger charge is -2.05. The summed E-state index contributed by atoms with van der Waals surface area (Å²) >= 11 is 5.03. The van der Waals surface area contributed by atoms with Crippen molar-refractivity contribution in [1.82, 2.24) is 0 Å². The van der Waals surface area contributed by atoms with Crippen LogP contribution < -0.4 is 0 Å². The Hall–Kier alpha value is -0.350. The molecule has 0 aliphatic carbocycles. The van der Waals surface area contributed by atoms with E-state index in [0.29, 0.717) is 0 Å². The topological polar surface area (TPSA) is 37.3 Å². The molecule has 1 N–H and O–H groups in total. The molecule has 4 heteroatoms. The summed E-state index contributed by atoms with van der Waals surface area (Å²) in [5.74, 6) is -0.508. The summed E-state index contributed by atoms with van der Waals surface area (Å²) < 4.78 is 1.08. The molecule has 0 fully saturated rings. The van der Waals surface area contributed by atoms with Gasteiger partial charge in [-0.2, -0.15) is 0 Å². The molecule has 13 heavy (non-hydrogen) atoms. The third-order valence-electron chi connectivity index (χ3n) is 1.69. The first-order valence-electron chi connectivity index (χ1n) is 4.02. The monoisotopic (exact) mass is 262 g/mol. The minimum atomic E-state index is -0.719. The van der Waals surface area contributed by atoms with E-state index in [1.165, 1.54) is 4.88 Å². The highest BCUT2D eigenvalue weighted by Crippen LogP contribution is 2.23. The first-order chi connectivity index (χ1) is 6.08. The van der Waals surface area contributed by atoms with Crippen LogP contribution in [0.2, 0.25) is 0 Å². The van der Waals surface area contributed by atoms with Crippen LogP contribution in [0, 0.1) is 5.92 Å². The lowest BCUT2D eigenvalue weighted by Crippen LogP contribution is -2.05. The molecule has 1 atom stereocenters. The largest absolute Gasteiger partial charge is 0.481 e. The number of aliphatic carboxylic acids is 1. The molecule has 0 saturated heterocycles. The Morgan fingerprint density at radius 1 is 1.77 bits per heavy atom. The van der Waals surface area contributed by atoms with E-state index < -0.39 is 5.97 Å². The molecule has 0 aliphatic rings. The average molecular weight is 263 g/mol. The van der Waals surface area contributed by atoms with Gasteiger partial charge in [-0.15, -0.1) is 11.3 Å². The Morgan fingerprint density at radius 2 is 2.46 bits per heavy atom. The van der Waals surface area contributed by atoms with Crippen LogP contribution in [0.15, 0.2) is 15.9 Å². The van der Waals surface area contributed by atoms with Crippen LogP contribution >= 0.6 is 27.3 Å². The van der Waals surface area contributed by atoms with Crippen molar-refractivity contribution >= 4 is 33.2 Å². The van der Waals surface area contributed by atoms with Crippen molar-refractivity contribution < 1.29 is 9.90 Å². The fourth-order valence-corrected chi connectivity index (χ4v) is 2.79. The molecular formula is C9H11BrO2S. The number of carboxylic acids is 1. The summed E-state index contributed by atoms with van der Waals surface area (Å²) in [5, 5.41) is 10.6. The highest BCUT2D eigenvalue weighted by atomic mass is 79.9. The van der Waals surface area contributed by atoms with Gasteiger partial charge >= 0.3 is 5.97 Å². The normalized spacial score (nSPS) is 12.8. The van der Waals surface area contributed by atoms with Crippen LogP contribution in [0.1, 0.15) is 18.2 Å². The number of carboxylic acid groups (broad SMARTS) is 1. The third-order valence-corrected chi connectivity index (χ3v) is 3.41. The lowest BCUT2D eigenvalue weighted by atomic mass is 10.0. The van der Waals surface area contributed by atoms with Crippen LogP contribution in [0.5, 0.6) is 0 Å². The Labute approximate surface area is 89.7 Å². The van der Waals surface area contributed by atoms with Gasteiger partial charge in [0.15, 0.2) is 0 Å². The smallest absolute Gasteiger partial charge is 0.303 e. The summed E-state index contributed by atoms with van der Waals surface area (Å²) in [7, 11) is 0. The van der Waals surface area contributed by atoms with Gasteiger partial charge in [-0.05, 0) is 34.3 Å². The highest BCUT2D eigenvalue weighted by Gasteiger charge is 2.09. The van der Waals surface area contributed by atoms with Crippen LogP contribution in [0.3, 0.4) is 0 Å². The molecule has 0 aromatic carbocycles. The first kappa shape index (κ1) is 10.7. The van der Waals surface area contributed by atoms with E-state index in [1.54, 1.807) is 11.3 Å². The maximum atomic E-state index is 10.4. The second kappa shape index (κ2) is 4.77. The van der Waals surface area contributed by atoms with Crippen molar-refractivity contribution in [2.45, 2.75) is 19.8 Å². The fourth-order valence-electron chi connectivity index (χ4n) is 1.17. The van der Waals surface area contributed by atoms with Crippen molar-refractivity contribution in [3.8, 4) is 0 Å². The van der Waals surface area contributed by atoms with E-state index in [-0.39, 0.29) is 12.3 Å². The molecule has 1 unspecified atom stereocenters. The summed E-state index contributed by atoms with van der Waals surface area (Å²) in [5.41, 5.74) is 0. The van der Waals surface area contributed by atoms with Gasteiger partial charge in [0.25, 0.3) is 0 Å². The van der Waals surface area contributed by atoms with Crippen LogP contribution in [0.4, 0.5) is 0 Å².